The molecule has 0 radical (unpaired) electrons. The lowest BCUT2D eigenvalue weighted by Gasteiger charge is -2.40. The molecule has 194 valence electrons. The van der Waals surface area contributed by atoms with E-state index in [4.69, 9.17) is 23.2 Å². The van der Waals surface area contributed by atoms with Crippen LogP contribution in [0.15, 0.2) is 48.5 Å². The lowest BCUT2D eigenvalue weighted by Crippen LogP contribution is -2.45. The van der Waals surface area contributed by atoms with E-state index in [-0.39, 0.29) is 17.4 Å². The quantitative estimate of drug-likeness (QED) is 0.448. The van der Waals surface area contributed by atoms with Gasteiger partial charge < -0.3 is 15.1 Å². The first-order chi connectivity index (χ1) is 17.6. The molecule has 2 atom stereocenters. The van der Waals surface area contributed by atoms with Crippen molar-refractivity contribution in [2.75, 3.05) is 39.3 Å². The van der Waals surface area contributed by atoms with Crippen LogP contribution in [-0.2, 0) is 10.2 Å². The molecule has 4 nitrogen and oxygen atoms in total. The molecule has 0 bridgehead atoms. The zero-order chi connectivity index (χ0) is 25.0. The van der Waals surface area contributed by atoms with Crippen molar-refractivity contribution in [3.8, 4) is 0 Å². The van der Waals surface area contributed by atoms with Gasteiger partial charge in [0.05, 0.1) is 16.1 Å². The zero-order valence-corrected chi connectivity index (χ0v) is 22.7. The Morgan fingerprint density at radius 2 is 1.78 bits per heavy atom. The van der Waals surface area contributed by atoms with Gasteiger partial charge in [-0.1, -0.05) is 59.6 Å². The van der Waals surface area contributed by atoms with E-state index in [0.717, 1.165) is 77.8 Å². The van der Waals surface area contributed by atoms with Crippen LogP contribution in [0.2, 0.25) is 10.0 Å². The Kier molecular flexibility index (Phi) is 8.57. The molecule has 3 fully saturated rings. The summed E-state index contributed by atoms with van der Waals surface area (Å²) in [6, 6.07) is 17.0. The lowest BCUT2D eigenvalue weighted by atomic mass is 9.71. The number of likely N-dealkylation sites (tertiary alicyclic amines) is 2. The zero-order valence-electron chi connectivity index (χ0n) is 21.2. The van der Waals surface area contributed by atoms with Gasteiger partial charge in [0.15, 0.2) is 0 Å². The summed E-state index contributed by atoms with van der Waals surface area (Å²) in [6.45, 7) is 6.15. The third-order valence-corrected chi connectivity index (χ3v) is 9.53. The Balaban J connectivity index is 1.13. The summed E-state index contributed by atoms with van der Waals surface area (Å²) >= 11 is 12.6. The minimum absolute atomic E-state index is 0.128. The Labute approximate surface area is 226 Å². The van der Waals surface area contributed by atoms with Crippen LogP contribution in [-0.4, -0.2) is 55.0 Å². The van der Waals surface area contributed by atoms with E-state index in [1.165, 1.54) is 24.0 Å². The van der Waals surface area contributed by atoms with Crippen molar-refractivity contribution in [1.29, 1.82) is 0 Å². The van der Waals surface area contributed by atoms with Crippen LogP contribution in [0.1, 0.15) is 68.5 Å². The SMILES string of the molecule is O=C(C1CCN(CCCC2(c3ccc(Cl)c(Cl)c3)CCCNC2)CC1)N1CCCC1c1ccccc1. The van der Waals surface area contributed by atoms with Gasteiger partial charge in [0.25, 0.3) is 0 Å². The number of carbonyl (C=O) groups is 1. The van der Waals surface area contributed by atoms with E-state index in [0.29, 0.717) is 16.0 Å². The number of halogens is 2. The van der Waals surface area contributed by atoms with E-state index in [2.05, 4.69) is 57.6 Å². The second kappa shape index (κ2) is 11.9. The standard InChI is InChI=1S/C30H39Cl2N3O/c31-26-11-10-25(21-27(26)32)30(14-5-16-33-22-30)15-6-17-34-19-12-24(13-20-34)29(36)35-18-4-9-28(35)23-7-2-1-3-8-23/h1-3,7-8,10-11,21,24,28,33H,4-6,9,12-20,22H2. The highest BCUT2D eigenvalue weighted by molar-refractivity contribution is 6.42. The third-order valence-electron chi connectivity index (χ3n) is 8.79. The summed E-state index contributed by atoms with van der Waals surface area (Å²) in [6.07, 6.45) is 8.84. The van der Waals surface area contributed by atoms with Crippen molar-refractivity contribution < 1.29 is 4.79 Å². The van der Waals surface area contributed by atoms with Crippen LogP contribution in [0, 0.1) is 5.92 Å². The summed E-state index contributed by atoms with van der Waals surface area (Å²) in [5, 5.41) is 4.90. The topological polar surface area (TPSA) is 35.6 Å². The molecule has 3 heterocycles. The minimum atomic E-state index is 0.128. The third kappa shape index (κ3) is 5.78. The van der Waals surface area contributed by atoms with Gasteiger partial charge in [-0.3, -0.25) is 4.79 Å². The molecule has 0 spiro atoms. The highest BCUT2D eigenvalue weighted by Gasteiger charge is 2.36. The first-order valence-electron chi connectivity index (χ1n) is 13.8. The molecule has 1 amide bonds. The maximum Gasteiger partial charge on any atom is 0.226 e. The molecule has 2 aromatic carbocycles. The van der Waals surface area contributed by atoms with Gasteiger partial charge in [-0.15, -0.1) is 0 Å². The van der Waals surface area contributed by atoms with E-state index >= 15 is 0 Å². The van der Waals surface area contributed by atoms with Crippen LogP contribution in [0.4, 0.5) is 0 Å². The molecular weight excluding hydrogens is 489 g/mol. The molecule has 2 aromatic rings. The van der Waals surface area contributed by atoms with Crippen molar-refractivity contribution in [2.45, 2.75) is 62.8 Å². The summed E-state index contributed by atoms with van der Waals surface area (Å²) in [5.41, 5.74) is 2.73. The van der Waals surface area contributed by atoms with Crippen molar-refractivity contribution in [3.63, 3.8) is 0 Å². The molecule has 2 unspecified atom stereocenters. The fourth-order valence-electron chi connectivity index (χ4n) is 6.73. The van der Waals surface area contributed by atoms with Crippen molar-refractivity contribution in [2.24, 2.45) is 5.92 Å². The first kappa shape index (κ1) is 26.0. The van der Waals surface area contributed by atoms with Crippen molar-refractivity contribution >= 4 is 29.1 Å². The van der Waals surface area contributed by atoms with Gasteiger partial charge in [0, 0.05) is 24.4 Å². The predicted octanol–water partition coefficient (Wildman–Crippen LogP) is 6.47. The monoisotopic (exact) mass is 527 g/mol. The first-order valence-corrected chi connectivity index (χ1v) is 14.6. The molecule has 3 saturated heterocycles. The molecule has 3 aliphatic heterocycles. The Bertz CT molecular complexity index is 1020. The van der Waals surface area contributed by atoms with Gasteiger partial charge in [-0.2, -0.15) is 0 Å². The molecule has 5 rings (SSSR count). The van der Waals surface area contributed by atoms with Crippen LogP contribution < -0.4 is 5.32 Å². The van der Waals surface area contributed by atoms with Gasteiger partial charge >= 0.3 is 0 Å². The number of piperidine rings is 2. The molecule has 36 heavy (non-hydrogen) atoms. The van der Waals surface area contributed by atoms with E-state index in [1.54, 1.807) is 0 Å². The molecule has 3 aliphatic rings. The van der Waals surface area contributed by atoms with Gasteiger partial charge in [-0.05, 0) is 101 Å². The maximum absolute atomic E-state index is 13.4. The summed E-state index contributed by atoms with van der Waals surface area (Å²) < 4.78 is 0. The number of nitrogens with one attached hydrogen (secondary N) is 1. The fraction of sp³-hybridized carbons (Fsp3) is 0.567. The lowest BCUT2D eigenvalue weighted by molar-refractivity contribution is -0.138. The largest absolute Gasteiger partial charge is 0.335 e. The van der Waals surface area contributed by atoms with Crippen LogP contribution >= 0.6 is 23.2 Å². The van der Waals surface area contributed by atoms with Gasteiger partial charge in [0.2, 0.25) is 5.91 Å². The van der Waals surface area contributed by atoms with E-state index < -0.39 is 0 Å². The van der Waals surface area contributed by atoms with Gasteiger partial charge in [0.1, 0.15) is 0 Å². The predicted molar refractivity (Wildman–Crippen MR) is 149 cm³/mol. The van der Waals surface area contributed by atoms with Crippen molar-refractivity contribution in [3.05, 3.63) is 69.7 Å². The van der Waals surface area contributed by atoms with Crippen LogP contribution in [0.5, 0.6) is 0 Å². The average Bonchev–Trinajstić information content (AvgIpc) is 3.41. The van der Waals surface area contributed by atoms with Gasteiger partial charge in [-0.25, -0.2) is 0 Å². The summed E-state index contributed by atoms with van der Waals surface area (Å²) in [4.78, 5) is 18.2. The second-order valence-electron chi connectivity index (χ2n) is 11.0. The molecule has 0 saturated carbocycles. The van der Waals surface area contributed by atoms with E-state index in [9.17, 15) is 4.79 Å². The van der Waals surface area contributed by atoms with Crippen LogP contribution in [0.3, 0.4) is 0 Å². The smallest absolute Gasteiger partial charge is 0.226 e. The number of carbonyl (C=O) groups excluding carboxylic acids is 1. The molecular formula is C30H39Cl2N3O. The number of nitrogens with zero attached hydrogens (tertiary/aromatic N) is 2. The fourth-order valence-corrected chi connectivity index (χ4v) is 7.03. The highest BCUT2D eigenvalue weighted by Crippen LogP contribution is 2.39. The number of hydrogen-bond acceptors (Lipinski definition) is 3. The van der Waals surface area contributed by atoms with Crippen LogP contribution in [0.25, 0.3) is 0 Å². The number of benzene rings is 2. The number of hydrogen-bond donors (Lipinski definition) is 1. The second-order valence-corrected chi connectivity index (χ2v) is 11.8. The van der Waals surface area contributed by atoms with E-state index in [1.807, 2.05) is 6.07 Å². The number of rotatable bonds is 7. The Morgan fingerprint density at radius 1 is 0.972 bits per heavy atom. The average molecular weight is 529 g/mol. The maximum atomic E-state index is 13.4. The Hall–Kier alpha value is -1.59. The Morgan fingerprint density at radius 3 is 2.50 bits per heavy atom. The minimum Gasteiger partial charge on any atom is -0.335 e. The molecule has 1 N–H and O–H groups in total. The molecule has 0 aliphatic carbocycles. The van der Waals surface area contributed by atoms with Crippen molar-refractivity contribution in [1.82, 2.24) is 15.1 Å². The summed E-state index contributed by atoms with van der Waals surface area (Å²) in [5.74, 6) is 0.559. The molecule has 0 aromatic heterocycles. The number of amides is 1. The highest BCUT2D eigenvalue weighted by atomic mass is 35.5. The normalized spacial score (nSPS) is 25.8. The summed E-state index contributed by atoms with van der Waals surface area (Å²) in [7, 11) is 0. The molecule has 6 heteroatoms.